The Balaban J connectivity index is 1.53. The molecule has 0 radical (unpaired) electrons. The van der Waals surface area contributed by atoms with Crippen molar-refractivity contribution in [3.63, 3.8) is 0 Å². The number of carbonyl (C=O) groups excluding carboxylic acids is 1. The molecule has 9 nitrogen and oxygen atoms in total. The fraction of sp³-hybridized carbons (Fsp3) is 0.407. The summed E-state index contributed by atoms with van der Waals surface area (Å²) in [6.45, 7) is 5.41. The van der Waals surface area contributed by atoms with Gasteiger partial charge in [0.2, 0.25) is 0 Å². The number of aromatic nitrogens is 4. The maximum Gasteiger partial charge on any atom is 0.413 e. The number of aliphatic hydroxyl groups excluding tert-OH is 1. The first-order chi connectivity index (χ1) is 17.1. The van der Waals surface area contributed by atoms with E-state index in [2.05, 4.69) is 15.3 Å². The van der Waals surface area contributed by atoms with Crippen LogP contribution >= 0.6 is 0 Å². The Kier molecular flexibility index (Phi) is 6.04. The van der Waals surface area contributed by atoms with Gasteiger partial charge in [-0.05, 0) is 76.3 Å². The quantitative estimate of drug-likeness (QED) is 0.429. The number of fused-ring (bicyclic) bond motifs is 3. The van der Waals surface area contributed by atoms with Gasteiger partial charge in [0.25, 0.3) is 0 Å². The zero-order chi connectivity index (χ0) is 25.6. The third-order valence-corrected chi connectivity index (χ3v) is 6.67. The van der Waals surface area contributed by atoms with Gasteiger partial charge in [-0.25, -0.2) is 14.6 Å². The summed E-state index contributed by atoms with van der Waals surface area (Å²) in [5, 5.41) is 13.5. The third kappa shape index (κ3) is 4.58. The molecule has 5 rings (SSSR count). The molecule has 3 aromatic heterocycles. The molecule has 0 spiro atoms. The highest BCUT2D eigenvalue weighted by atomic mass is 16.6. The topological polar surface area (TPSA) is 111 Å². The molecule has 1 aromatic carbocycles. The van der Waals surface area contributed by atoms with E-state index >= 15 is 0 Å². The van der Waals surface area contributed by atoms with Crippen LogP contribution in [0.1, 0.15) is 52.5 Å². The lowest BCUT2D eigenvalue weighted by atomic mass is 9.92. The summed E-state index contributed by atoms with van der Waals surface area (Å²) in [5.74, 6) is 0.397. The van der Waals surface area contributed by atoms with Crippen LogP contribution in [-0.4, -0.2) is 42.0 Å². The van der Waals surface area contributed by atoms with Crippen molar-refractivity contribution >= 4 is 33.8 Å². The molecule has 3 heterocycles. The van der Waals surface area contributed by atoms with Gasteiger partial charge in [0.1, 0.15) is 11.4 Å². The average molecular weight is 490 g/mol. The Labute approximate surface area is 208 Å². The molecule has 0 saturated heterocycles. The van der Waals surface area contributed by atoms with Crippen molar-refractivity contribution < 1.29 is 14.6 Å². The van der Waals surface area contributed by atoms with Crippen LogP contribution in [0, 0.1) is 0 Å². The van der Waals surface area contributed by atoms with Gasteiger partial charge >= 0.3 is 11.8 Å². The molecule has 0 bridgehead atoms. The first-order valence-corrected chi connectivity index (χ1v) is 12.2. The molecule has 2 N–H and O–H groups in total. The summed E-state index contributed by atoms with van der Waals surface area (Å²) >= 11 is 0. The van der Waals surface area contributed by atoms with Gasteiger partial charge in [-0.3, -0.25) is 19.4 Å². The van der Waals surface area contributed by atoms with E-state index < -0.39 is 11.7 Å². The summed E-state index contributed by atoms with van der Waals surface area (Å²) in [5.41, 5.74) is 3.59. The van der Waals surface area contributed by atoms with Crippen molar-refractivity contribution in [2.75, 3.05) is 5.32 Å². The molecule has 36 heavy (non-hydrogen) atoms. The fourth-order valence-electron chi connectivity index (χ4n) is 4.91. The SMILES string of the molecule is Cn1c(=O)n([C@H]2CC[C@@H](O)CC2)c2c3cc(-c4ccc(NC(=O)OC(C)(C)C)nc4)ccc3ncc21. The molecule has 1 aliphatic rings. The van der Waals surface area contributed by atoms with Crippen molar-refractivity contribution in [1.82, 2.24) is 19.1 Å². The normalized spacial score (nSPS) is 18.5. The number of rotatable bonds is 3. The maximum atomic E-state index is 13.3. The summed E-state index contributed by atoms with van der Waals surface area (Å²) < 4.78 is 8.82. The van der Waals surface area contributed by atoms with E-state index in [1.165, 1.54) is 0 Å². The van der Waals surface area contributed by atoms with Gasteiger partial charge in [-0.2, -0.15) is 0 Å². The molecular formula is C27H31N5O4. The molecule has 1 amide bonds. The number of amides is 1. The molecule has 0 aliphatic heterocycles. The van der Waals surface area contributed by atoms with E-state index in [0.29, 0.717) is 18.7 Å². The Hall–Kier alpha value is -3.72. The van der Waals surface area contributed by atoms with E-state index in [1.807, 2.05) is 28.8 Å². The molecule has 1 aliphatic carbocycles. The van der Waals surface area contributed by atoms with Crippen molar-refractivity contribution in [2.24, 2.45) is 7.05 Å². The number of hydrogen-bond donors (Lipinski definition) is 2. The Morgan fingerprint density at radius 2 is 1.78 bits per heavy atom. The van der Waals surface area contributed by atoms with Gasteiger partial charge in [0.15, 0.2) is 0 Å². The van der Waals surface area contributed by atoms with Crippen LogP contribution in [0.15, 0.2) is 47.5 Å². The summed E-state index contributed by atoms with van der Waals surface area (Å²) in [4.78, 5) is 34.3. The summed E-state index contributed by atoms with van der Waals surface area (Å²) in [7, 11) is 1.77. The molecular weight excluding hydrogens is 458 g/mol. The van der Waals surface area contributed by atoms with Crippen LogP contribution in [0.4, 0.5) is 10.6 Å². The number of aliphatic hydroxyl groups is 1. The van der Waals surface area contributed by atoms with Crippen molar-refractivity contribution in [1.29, 1.82) is 0 Å². The van der Waals surface area contributed by atoms with E-state index in [0.717, 1.165) is 45.9 Å². The van der Waals surface area contributed by atoms with Gasteiger partial charge in [0.05, 0.1) is 28.9 Å². The van der Waals surface area contributed by atoms with Crippen LogP contribution in [0.5, 0.6) is 0 Å². The highest BCUT2D eigenvalue weighted by molar-refractivity contribution is 6.04. The Morgan fingerprint density at radius 1 is 1.06 bits per heavy atom. The third-order valence-electron chi connectivity index (χ3n) is 6.67. The molecule has 1 fully saturated rings. The largest absolute Gasteiger partial charge is 0.444 e. The molecule has 0 atom stereocenters. The zero-order valence-electron chi connectivity index (χ0n) is 21.0. The number of pyridine rings is 2. The monoisotopic (exact) mass is 489 g/mol. The van der Waals surface area contributed by atoms with Gasteiger partial charge in [-0.1, -0.05) is 6.07 Å². The van der Waals surface area contributed by atoms with E-state index in [4.69, 9.17) is 4.74 Å². The molecule has 4 aromatic rings. The number of benzene rings is 1. The van der Waals surface area contributed by atoms with Gasteiger partial charge < -0.3 is 9.84 Å². The lowest BCUT2D eigenvalue weighted by molar-refractivity contribution is 0.0635. The highest BCUT2D eigenvalue weighted by Crippen LogP contribution is 2.34. The molecule has 0 unspecified atom stereocenters. The Morgan fingerprint density at radius 3 is 2.44 bits per heavy atom. The van der Waals surface area contributed by atoms with E-state index in [9.17, 15) is 14.7 Å². The second-order valence-electron chi connectivity index (χ2n) is 10.5. The predicted molar refractivity (Wildman–Crippen MR) is 139 cm³/mol. The molecule has 9 heteroatoms. The van der Waals surface area contributed by atoms with Crippen LogP contribution < -0.4 is 11.0 Å². The minimum Gasteiger partial charge on any atom is -0.444 e. The second-order valence-corrected chi connectivity index (χ2v) is 10.5. The van der Waals surface area contributed by atoms with E-state index in [1.54, 1.807) is 50.8 Å². The van der Waals surface area contributed by atoms with Crippen LogP contribution in [0.3, 0.4) is 0 Å². The number of hydrogen-bond acceptors (Lipinski definition) is 6. The standard InChI is InChI=1S/C27H31N5O4/c1-27(2,3)36-25(34)30-23-12-6-17(14-29-23)16-5-11-21-20(13-16)24-22(15-28-21)31(4)26(35)32(24)18-7-9-19(33)10-8-18/h5-6,11-15,18-19,33H,7-10H2,1-4H3,(H,29,30,34)/t18-,19+. The van der Waals surface area contributed by atoms with Gasteiger partial charge in [-0.15, -0.1) is 0 Å². The number of carbonyl (C=O) groups is 1. The number of anilines is 1. The van der Waals surface area contributed by atoms with E-state index in [-0.39, 0.29) is 17.8 Å². The van der Waals surface area contributed by atoms with Crippen LogP contribution in [0.25, 0.3) is 33.1 Å². The fourth-order valence-corrected chi connectivity index (χ4v) is 4.91. The number of nitrogens with one attached hydrogen (secondary N) is 1. The van der Waals surface area contributed by atoms with Crippen molar-refractivity contribution in [3.8, 4) is 11.1 Å². The lowest BCUT2D eigenvalue weighted by Gasteiger charge is -2.26. The number of aryl methyl sites for hydroxylation is 1. The first-order valence-electron chi connectivity index (χ1n) is 12.2. The van der Waals surface area contributed by atoms with Crippen LogP contribution in [0.2, 0.25) is 0 Å². The summed E-state index contributed by atoms with van der Waals surface area (Å²) in [6.07, 6.45) is 5.51. The van der Waals surface area contributed by atoms with Crippen molar-refractivity contribution in [2.45, 2.75) is 64.2 Å². The predicted octanol–water partition coefficient (Wildman–Crippen LogP) is 4.77. The highest BCUT2D eigenvalue weighted by Gasteiger charge is 2.26. The minimum absolute atomic E-state index is 0.0405. The second kappa shape index (κ2) is 9.05. The minimum atomic E-state index is -0.593. The Bertz CT molecular complexity index is 1490. The maximum absolute atomic E-state index is 13.3. The van der Waals surface area contributed by atoms with Crippen LogP contribution in [-0.2, 0) is 11.8 Å². The molecule has 1 saturated carbocycles. The average Bonchev–Trinajstić information content (AvgIpc) is 3.09. The molecule has 188 valence electrons. The zero-order valence-corrected chi connectivity index (χ0v) is 21.0. The lowest BCUT2D eigenvalue weighted by Crippen LogP contribution is -2.29. The number of nitrogens with zero attached hydrogens (tertiary/aromatic N) is 4. The number of ether oxygens (including phenoxy) is 1. The van der Waals surface area contributed by atoms with Crippen molar-refractivity contribution in [3.05, 3.63) is 53.2 Å². The van der Waals surface area contributed by atoms with Gasteiger partial charge in [0, 0.05) is 30.2 Å². The summed E-state index contributed by atoms with van der Waals surface area (Å²) in [6, 6.07) is 9.61. The smallest absolute Gasteiger partial charge is 0.413 e. The number of imidazole rings is 1. The first kappa shape index (κ1) is 24.0.